The predicted octanol–water partition coefficient (Wildman–Crippen LogP) is 4.19. The molecule has 0 aliphatic carbocycles. The van der Waals surface area contributed by atoms with Gasteiger partial charge in [0.15, 0.2) is 5.78 Å². The number of benzene rings is 2. The monoisotopic (exact) mass is 272 g/mol. The number of hydrogen-bond acceptors (Lipinski definition) is 3. The van der Waals surface area contributed by atoms with Gasteiger partial charge in [-0.25, -0.2) is 0 Å². The molecule has 0 N–H and O–H groups in total. The Kier molecular flexibility index (Phi) is 4.63. The molecule has 2 aromatic carbocycles. The molecule has 0 spiro atoms. The van der Waals surface area contributed by atoms with Crippen LogP contribution in [0.5, 0.6) is 5.75 Å². The van der Waals surface area contributed by atoms with Crippen molar-refractivity contribution in [2.45, 2.75) is 17.6 Å². The molecule has 0 radical (unpaired) electrons. The number of methoxy groups -OCH3 is 1. The van der Waals surface area contributed by atoms with E-state index in [1.165, 1.54) is 4.90 Å². The minimum absolute atomic E-state index is 0.0774. The maximum Gasteiger partial charge on any atom is 0.159 e. The second-order valence-corrected chi connectivity index (χ2v) is 5.23. The topological polar surface area (TPSA) is 26.3 Å². The summed E-state index contributed by atoms with van der Waals surface area (Å²) >= 11 is 1.73. The summed E-state index contributed by atoms with van der Waals surface area (Å²) in [6.07, 6.45) is 0. The zero-order valence-electron chi connectivity index (χ0n) is 11.1. The first kappa shape index (κ1) is 13.7. The summed E-state index contributed by atoms with van der Waals surface area (Å²) in [6, 6.07) is 15.8. The molecule has 0 saturated carbocycles. The van der Waals surface area contributed by atoms with E-state index in [9.17, 15) is 4.79 Å². The van der Waals surface area contributed by atoms with Gasteiger partial charge in [-0.15, -0.1) is 11.8 Å². The maximum atomic E-state index is 11.4. The molecule has 2 nitrogen and oxygen atoms in total. The lowest BCUT2D eigenvalue weighted by Crippen LogP contribution is -1.96. The average molecular weight is 272 g/mol. The second-order valence-electron chi connectivity index (χ2n) is 4.18. The van der Waals surface area contributed by atoms with E-state index in [0.717, 1.165) is 22.6 Å². The summed E-state index contributed by atoms with van der Waals surface area (Å²) in [6.45, 7) is 1.58. The lowest BCUT2D eigenvalue weighted by molar-refractivity contribution is 0.101. The van der Waals surface area contributed by atoms with E-state index in [2.05, 4.69) is 12.1 Å². The van der Waals surface area contributed by atoms with Crippen LogP contribution in [0, 0.1) is 0 Å². The Morgan fingerprint density at radius 2 is 1.89 bits per heavy atom. The normalized spacial score (nSPS) is 10.2. The molecule has 0 atom stereocenters. The van der Waals surface area contributed by atoms with Crippen molar-refractivity contribution in [1.29, 1.82) is 0 Å². The third-order valence-electron chi connectivity index (χ3n) is 2.82. The highest BCUT2D eigenvalue weighted by molar-refractivity contribution is 7.98. The molecule has 0 heterocycles. The van der Waals surface area contributed by atoms with Gasteiger partial charge in [0.25, 0.3) is 0 Å². The molecule has 3 heteroatoms. The standard InChI is InChI=1S/C16H16O2S/c1-12(17)13-8-9-16(18-2)14(10-13)11-19-15-6-4-3-5-7-15/h3-10H,11H2,1-2H3. The molecule has 0 fully saturated rings. The Labute approximate surface area is 117 Å². The number of carbonyl (C=O) groups is 1. The van der Waals surface area contributed by atoms with E-state index in [4.69, 9.17) is 4.74 Å². The second kappa shape index (κ2) is 6.43. The molecule has 19 heavy (non-hydrogen) atoms. The zero-order chi connectivity index (χ0) is 13.7. The van der Waals surface area contributed by atoms with Gasteiger partial charge in [0.1, 0.15) is 5.75 Å². The summed E-state index contributed by atoms with van der Waals surface area (Å²) < 4.78 is 5.34. The fourth-order valence-electron chi connectivity index (χ4n) is 1.79. The van der Waals surface area contributed by atoms with Crippen molar-refractivity contribution in [2.24, 2.45) is 0 Å². The molecular formula is C16H16O2S. The first-order valence-corrected chi connectivity index (χ1v) is 7.05. The molecule has 98 valence electrons. The zero-order valence-corrected chi connectivity index (χ0v) is 11.9. The Morgan fingerprint density at radius 1 is 1.16 bits per heavy atom. The molecule has 0 aromatic heterocycles. The summed E-state index contributed by atoms with van der Waals surface area (Å²) in [5, 5.41) is 0. The molecular weight excluding hydrogens is 256 g/mol. The molecule has 0 aliphatic rings. The van der Waals surface area contributed by atoms with Crippen LogP contribution in [0.3, 0.4) is 0 Å². The minimum atomic E-state index is 0.0774. The molecule has 0 unspecified atom stereocenters. The van der Waals surface area contributed by atoms with Gasteiger partial charge in [0.05, 0.1) is 7.11 Å². The predicted molar refractivity (Wildman–Crippen MR) is 79.0 cm³/mol. The molecule has 0 amide bonds. The van der Waals surface area contributed by atoms with E-state index in [1.54, 1.807) is 31.9 Å². The van der Waals surface area contributed by atoms with Gasteiger partial charge in [-0.2, -0.15) is 0 Å². The van der Waals surface area contributed by atoms with Gasteiger partial charge < -0.3 is 4.74 Å². The Bertz CT molecular complexity index is 564. The smallest absolute Gasteiger partial charge is 0.159 e. The van der Waals surface area contributed by atoms with Gasteiger partial charge in [0, 0.05) is 21.8 Å². The Morgan fingerprint density at radius 3 is 2.53 bits per heavy atom. The van der Waals surface area contributed by atoms with Gasteiger partial charge in [-0.1, -0.05) is 18.2 Å². The Hall–Kier alpha value is -1.74. The van der Waals surface area contributed by atoms with E-state index >= 15 is 0 Å². The fourth-order valence-corrected chi connectivity index (χ4v) is 2.69. The van der Waals surface area contributed by atoms with Crippen molar-refractivity contribution in [2.75, 3.05) is 7.11 Å². The van der Waals surface area contributed by atoms with Gasteiger partial charge in [-0.3, -0.25) is 4.79 Å². The van der Waals surface area contributed by atoms with E-state index < -0.39 is 0 Å². The first-order chi connectivity index (χ1) is 9.20. The average Bonchev–Trinajstić information content (AvgIpc) is 2.45. The van der Waals surface area contributed by atoms with Crippen LogP contribution < -0.4 is 4.74 Å². The lowest BCUT2D eigenvalue weighted by Gasteiger charge is -2.09. The number of ketones is 1. The third-order valence-corrected chi connectivity index (χ3v) is 3.89. The Balaban J connectivity index is 2.18. The fraction of sp³-hybridized carbons (Fsp3) is 0.188. The van der Waals surface area contributed by atoms with Gasteiger partial charge in [0.2, 0.25) is 0 Å². The third kappa shape index (κ3) is 3.61. The lowest BCUT2D eigenvalue weighted by atomic mass is 10.1. The molecule has 0 aliphatic heterocycles. The van der Waals surface area contributed by atoms with Crippen molar-refractivity contribution in [3.63, 3.8) is 0 Å². The number of Topliss-reactive ketones (excluding diaryl/α,β-unsaturated/α-hetero) is 1. The summed E-state index contributed by atoms with van der Waals surface area (Å²) in [7, 11) is 1.65. The molecule has 0 saturated heterocycles. The quantitative estimate of drug-likeness (QED) is 0.603. The first-order valence-electron chi connectivity index (χ1n) is 6.06. The highest BCUT2D eigenvalue weighted by Crippen LogP contribution is 2.28. The number of carbonyl (C=O) groups excluding carboxylic acids is 1. The number of rotatable bonds is 5. The summed E-state index contributed by atoms with van der Waals surface area (Å²) in [5.74, 6) is 1.69. The van der Waals surface area contributed by atoms with E-state index in [1.807, 2.05) is 30.3 Å². The number of thioether (sulfide) groups is 1. The maximum absolute atomic E-state index is 11.4. The van der Waals surface area contributed by atoms with E-state index in [-0.39, 0.29) is 5.78 Å². The van der Waals surface area contributed by atoms with Crippen molar-refractivity contribution < 1.29 is 9.53 Å². The van der Waals surface area contributed by atoms with Crippen LogP contribution in [0.25, 0.3) is 0 Å². The van der Waals surface area contributed by atoms with Crippen molar-refractivity contribution in [1.82, 2.24) is 0 Å². The molecule has 2 rings (SSSR count). The number of ether oxygens (including phenoxy) is 1. The van der Waals surface area contributed by atoms with Crippen molar-refractivity contribution in [3.8, 4) is 5.75 Å². The van der Waals surface area contributed by atoms with Gasteiger partial charge >= 0.3 is 0 Å². The molecule has 2 aromatic rings. The summed E-state index contributed by atoms with van der Waals surface area (Å²) in [5.41, 5.74) is 1.77. The van der Waals surface area contributed by atoms with Gasteiger partial charge in [-0.05, 0) is 37.3 Å². The highest BCUT2D eigenvalue weighted by Gasteiger charge is 2.07. The van der Waals surface area contributed by atoms with Crippen LogP contribution in [-0.4, -0.2) is 12.9 Å². The minimum Gasteiger partial charge on any atom is -0.496 e. The van der Waals surface area contributed by atoms with Crippen LogP contribution in [0.4, 0.5) is 0 Å². The highest BCUT2D eigenvalue weighted by atomic mass is 32.2. The SMILES string of the molecule is COc1ccc(C(C)=O)cc1CSc1ccccc1. The van der Waals surface area contributed by atoms with Crippen molar-refractivity contribution in [3.05, 3.63) is 59.7 Å². The van der Waals surface area contributed by atoms with Crippen LogP contribution in [0.15, 0.2) is 53.4 Å². The summed E-state index contributed by atoms with van der Waals surface area (Å²) in [4.78, 5) is 12.6. The van der Waals surface area contributed by atoms with Crippen LogP contribution in [-0.2, 0) is 5.75 Å². The van der Waals surface area contributed by atoms with Crippen LogP contribution in [0.1, 0.15) is 22.8 Å². The van der Waals surface area contributed by atoms with Crippen LogP contribution >= 0.6 is 11.8 Å². The van der Waals surface area contributed by atoms with Crippen molar-refractivity contribution >= 4 is 17.5 Å². The van der Waals surface area contributed by atoms with Crippen LogP contribution in [0.2, 0.25) is 0 Å². The molecule has 0 bridgehead atoms. The van der Waals surface area contributed by atoms with E-state index in [0.29, 0.717) is 0 Å². The largest absolute Gasteiger partial charge is 0.496 e. The number of hydrogen-bond donors (Lipinski definition) is 0.